The molecule has 3 fully saturated rings. The summed E-state index contributed by atoms with van der Waals surface area (Å²) in [6, 6.07) is -1.38. The Kier molecular flexibility index (Phi) is 26.0. The molecule has 1 aliphatic heterocycles. The average Bonchev–Trinajstić information content (AvgIpc) is 3.54. The van der Waals surface area contributed by atoms with Gasteiger partial charge in [-0.2, -0.15) is 0 Å². The van der Waals surface area contributed by atoms with Crippen molar-refractivity contribution in [1.82, 2.24) is 31.2 Å². The van der Waals surface area contributed by atoms with Gasteiger partial charge in [0, 0.05) is 30.7 Å². The van der Waals surface area contributed by atoms with Crippen LogP contribution in [0.4, 0.5) is 0 Å². The lowest BCUT2D eigenvalue weighted by Crippen LogP contribution is -2.54. The summed E-state index contributed by atoms with van der Waals surface area (Å²) >= 11 is 1.40. The summed E-state index contributed by atoms with van der Waals surface area (Å²) in [6.45, 7) is 23.1. The Morgan fingerprint density at radius 3 is 2.11 bits per heavy atom. The number of hydrogen-bond acceptors (Lipinski definition) is 8. The quantitative estimate of drug-likeness (QED) is 0.0993. The zero-order valence-electron chi connectivity index (χ0n) is 34.1. The first-order chi connectivity index (χ1) is 25.2. The SMILES string of the molecule is C=CCNC(=O)C(=O)C(CC1CC1)NC(=O)C1CCCN1C(=O)CNC=O.CC.CC(C)C.CC(NC(=O)c1nccs1)C1(C)CCCCC1.CCC. The molecule has 1 aromatic rings. The third-order valence-electron chi connectivity index (χ3n) is 8.76. The van der Waals surface area contributed by atoms with Gasteiger partial charge in [-0.3, -0.25) is 28.8 Å². The Balaban J connectivity index is 0.000000883. The van der Waals surface area contributed by atoms with Crippen molar-refractivity contribution in [2.45, 2.75) is 151 Å². The molecule has 4 N–H and O–H groups in total. The van der Waals surface area contributed by atoms with Gasteiger partial charge >= 0.3 is 0 Å². The first kappa shape index (κ1) is 49.4. The summed E-state index contributed by atoms with van der Waals surface area (Å²) in [5.41, 5.74) is 0.255. The van der Waals surface area contributed by atoms with Crippen molar-refractivity contribution in [1.29, 1.82) is 0 Å². The highest BCUT2D eigenvalue weighted by Crippen LogP contribution is 2.38. The molecule has 0 bridgehead atoms. The van der Waals surface area contributed by atoms with Gasteiger partial charge in [-0.25, -0.2) is 4.98 Å². The predicted molar refractivity (Wildman–Crippen MR) is 214 cm³/mol. The minimum absolute atomic E-state index is 0.0284. The molecule has 0 spiro atoms. The number of thiazole rings is 1. The minimum atomic E-state index is -0.902. The number of amides is 5. The minimum Gasteiger partial charge on any atom is -0.350 e. The molecule has 0 radical (unpaired) electrons. The van der Waals surface area contributed by atoms with Gasteiger partial charge in [0.1, 0.15) is 6.04 Å². The highest BCUT2D eigenvalue weighted by atomic mass is 32.1. The predicted octanol–water partition coefficient (Wildman–Crippen LogP) is 6.22. The number of nitrogens with zero attached hydrogens (tertiary/aromatic N) is 2. The molecule has 3 aliphatic rings. The highest BCUT2D eigenvalue weighted by molar-refractivity contribution is 7.11. The highest BCUT2D eigenvalue weighted by Gasteiger charge is 2.38. The van der Waals surface area contributed by atoms with E-state index in [2.05, 4.69) is 81.3 Å². The molecule has 13 heteroatoms. The fraction of sp³-hybridized carbons (Fsp3) is 0.725. The molecule has 3 atom stereocenters. The van der Waals surface area contributed by atoms with Crippen molar-refractivity contribution in [2.24, 2.45) is 17.3 Å². The second-order valence-corrected chi connectivity index (χ2v) is 15.4. The fourth-order valence-corrected chi connectivity index (χ4v) is 6.26. The summed E-state index contributed by atoms with van der Waals surface area (Å²) in [6.07, 6.45) is 14.6. The number of likely N-dealkylation sites (tertiary alicyclic amines) is 1. The Labute approximate surface area is 323 Å². The van der Waals surface area contributed by atoms with Crippen LogP contribution in [0.15, 0.2) is 24.2 Å². The smallest absolute Gasteiger partial charge is 0.289 e. The van der Waals surface area contributed by atoms with Gasteiger partial charge in [0.15, 0.2) is 5.01 Å². The Hall–Kier alpha value is -3.61. The van der Waals surface area contributed by atoms with Crippen LogP contribution < -0.4 is 21.3 Å². The van der Waals surface area contributed by atoms with E-state index in [0.29, 0.717) is 43.1 Å². The Bertz CT molecular complexity index is 1230. The molecule has 2 saturated carbocycles. The average molecular weight is 763 g/mol. The van der Waals surface area contributed by atoms with E-state index in [1.807, 2.05) is 19.2 Å². The lowest BCUT2D eigenvalue weighted by molar-refractivity contribution is -0.142. The molecule has 1 aromatic heterocycles. The van der Waals surface area contributed by atoms with Crippen LogP contribution in [0, 0.1) is 17.3 Å². The van der Waals surface area contributed by atoms with E-state index in [1.54, 1.807) is 6.20 Å². The van der Waals surface area contributed by atoms with Gasteiger partial charge < -0.3 is 26.2 Å². The summed E-state index contributed by atoms with van der Waals surface area (Å²) < 4.78 is 0. The van der Waals surface area contributed by atoms with Crippen LogP contribution in [0.25, 0.3) is 0 Å². The van der Waals surface area contributed by atoms with E-state index >= 15 is 0 Å². The third kappa shape index (κ3) is 19.9. The second-order valence-electron chi connectivity index (χ2n) is 14.5. The zero-order valence-corrected chi connectivity index (χ0v) is 34.9. The number of hydrogen-bond donors (Lipinski definition) is 4. The van der Waals surface area contributed by atoms with E-state index in [1.165, 1.54) is 60.8 Å². The molecule has 2 heterocycles. The number of nitrogens with one attached hydrogen (secondary N) is 4. The molecular formula is C40H70N6O6S. The molecule has 1 saturated heterocycles. The van der Waals surface area contributed by atoms with Crippen molar-refractivity contribution < 1.29 is 28.8 Å². The lowest BCUT2D eigenvalue weighted by Gasteiger charge is -2.39. The van der Waals surface area contributed by atoms with E-state index in [0.717, 1.165) is 18.8 Å². The molecule has 302 valence electrons. The lowest BCUT2D eigenvalue weighted by atomic mass is 9.71. The maximum Gasteiger partial charge on any atom is 0.289 e. The topological polar surface area (TPSA) is 167 Å². The first-order valence-corrected chi connectivity index (χ1v) is 20.5. The van der Waals surface area contributed by atoms with Crippen LogP contribution in [0.5, 0.6) is 0 Å². The van der Waals surface area contributed by atoms with Gasteiger partial charge in [-0.1, -0.05) is 100.0 Å². The van der Waals surface area contributed by atoms with Crippen LogP contribution in [0.2, 0.25) is 0 Å². The first-order valence-electron chi connectivity index (χ1n) is 19.6. The number of ketones is 1. The van der Waals surface area contributed by atoms with E-state index in [9.17, 15) is 28.8 Å². The van der Waals surface area contributed by atoms with Gasteiger partial charge in [0.2, 0.25) is 24.0 Å². The molecule has 2 aliphatic carbocycles. The number of carbonyl (C=O) groups is 6. The second kappa shape index (κ2) is 27.9. The van der Waals surface area contributed by atoms with Gasteiger partial charge in [-0.05, 0) is 56.3 Å². The monoisotopic (exact) mass is 763 g/mol. The van der Waals surface area contributed by atoms with Crippen LogP contribution in [-0.2, 0) is 24.0 Å². The molecule has 3 unspecified atom stereocenters. The van der Waals surface area contributed by atoms with Gasteiger partial charge in [0.25, 0.3) is 11.8 Å². The Morgan fingerprint density at radius 2 is 1.60 bits per heavy atom. The zero-order chi connectivity index (χ0) is 40.4. The van der Waals surface area contributed by atoms with Crippen LogP contribution in [0.3, 0.4) is 0 Å². The summed E-state index contributed by atoms with van der Waals surface area (Å²) in [5, 5.41) is 12.9. The van der Waals surface area contributed by atoms with E-state index in [-0.39, 0.29) is 36.4 Å². The molecule has 53 heavy (non-hydrogen) atoms. The number of rotatable bonds is 14. The van der Waals surface area contributed by atoms with Crippen molar-refractivity contribution in [3.05, 3.63) is 29.2 Å². The maximum absolute atomic E-state index is 12.7. The molecule has 12 nitrogen and oxygen atoms in total. The fourth-order valence-electron chi connectivity index (χ4n) is 5.73. The van der Waals surface area contributed by atoms with Crippen LogP contribution >= 0.6 is 11.3 Å². The van der Waals surface area contributed by atoms with Crippen molar-refractivity contribution in [2.75, 3.05) is 19.6 Å². The summed E-state index contributed by atoms with van der Waals surface area (Å²) in [7, 11) is 0. The normalized spacial score (nSPS) is 17.8. The number of carbonyl (C=O) groups excluding carboxylic acids is 6. The van der Waals surface area contributed by atoms with E-state index < -0.39 is 29.7 Å². The number of aromatic nitrogens is 1. The van der Waals surface area contributed by atoms with Gasteiger partial charge in [-0.15, -0.1) is 17.9 Å². The van der Waals surface area contributed by atoms with Crippen LogP contribution in [-0.4, -0.2) is 83.5 Å². The number of Topliss-reactive ketones (excluding diaryl/α,β-unsaturated/α-hetero) is 1. The van der Waals surface area contributed by atoms with Crippen LogP contribution in [0.1, 0.15) is 143 Å². The van der Waals surface area contributed by atoms with Gasteiger partial charge in [0.05, 0.1) is 12.6 Å². The maximum atomic E-state index is 12.7. The summed E-state index contributed by atoms with van der Waals surface area (Å²) in [4.78, 5) is 77.0. The van der Waals surface area contributed by atoms with Crippen molar-refractivity contribution >= 4 is 47.2 Å². The summed E-state index contributed by atoms with van der Waals surface area (Å²) in [5.74, 6) is -1.11. The Morgan fingerprint density at radius 1 is 1.00 bits per heavy atom. The van der Waals surface area contributed by atoms with Crippen molar-refractivity contribution in [3.63, 3.8) is 0 Å². The largest absolute Gasteiger partial charge is 0.350 e. The molecule has 0 aromatic carbocycles. The molecule has 5 amide bonds. The molecular weight excluding hydrogens is 693 g/mol. The molecule has 4 rings (SSSR count). The third-order valence-corrected chi connectivity index (χ3v) is 9.53. The standard InChI is InChI=1S/C18H26N4O5.C13H20N2OS.C4H10.C3H8.C2H6/c1-2-7-20-18(27)16(25)13(9-12-5-6-12)21-17(26)14-4-3-8-22(14)15(24)10-19-11-23;1-10(13(2)6-4-3-5-7-13)15-11(16)12-14-8-9-17-12;1-4(2)3;1-3-2;1-2/h2,11-14H,1,3-10H2,(H,19,23)(H,20,27)(H,21,26);8-10H,3-7H2,1-2H3,(H,15,16);4H,1-3H3;3H2,1-2H3;1-2H3. The van der Waals surface area contributed by atoms with Crippen molar-refractivity contribution in [3.8, 4) is 0 Å². The van der Waals surface area contributed by atoms with E-state index in [4.69, 9.17) is 0 Å².